The highest BCUT2D eigenvalue weighted by molar-refractivity contribution is 5.94. The molecule has 1 amide bonds. The van der Waals surface area contributed by atoms with Crippen LogP contribution in [0.15, 0.2) is 18.3 Å². The molecule has 1 aliphatic heterocycles. The number of ether oxygens (including phenoxy) is 3. The maximum Gasteiger partial charge on any atom is 0.226 e. The highest BCUT2D eigenvalue weighted by Crippen LogP contribution is 2.45. The summed E-state index contributed by atoms with van der Waals surface area (Å²) in [5.74, 6) is 2.33. The van der Waals surface area contributed by atoms with E-state index in [9.17, 15) is 4.79 Å². The lowest BCUT2D eigenvalue weighted by atomic mass is 9.86. The van der Waals surface area contributed by atoms with E-state index in [1.165, 1.54) is 0 Å². The quantitative estimate of drug-likeness (QED) is 0.908. The Hall–Kier alpha value is -2.70. The zero-order valence-electron chi connectivity index (χ0n) is 16.0. The van der Waals surface area contributed by atoms with Crippen LogP contribution in [-0.2, 0) is 10.3 Å². The fourth-order valence-electron chi connectivity index (χ4n) is 3.33. The van der Waals surface area contributed by atoms with Crippen molar-refractivity contribution in [1.29, 1.82) is 0 Å². The van der Waals surface area contributed by atoms with E-state index < -0.39 is 0 Å². The average Bonchev–Trinajstić information content (AvgIpc) is 3.03. The van der Waals surface area contributed by atoms with Gasteiger partial charge in [-0.15, -0.1) is 0 Å². The van der Waals surface area contributed by atoms with E-state index in [-0.39, 0.29) is 17.4 Å². The van der Waals surface area contributed by atoms with Crippen molar-refractivity contribution in [2.75, 3.05) is 26.6 Å². The van der Waals surface area contributed by atoms with Crippen molar-refractivity contribution in [3.05, 3.63) is 29.5 Å². The Morgan fingerprint density at radius 1 is 1.04 bits per heavy atom. The molecule has 1 aromatic heterocycles. The number of nitrogens with one attached hydrogen (secondary N) is 1. The third kappa shape index (κ3) is 2.98. The molecule has 0 bridgehead atoms. The van der Waals surface area contributed by atoms with Gasteiger partial charge < -0.3 is 19.5 Å². The maximum absolute atomic E-state index is 12.4. The lowest BCUT2D eigenvalue weighted by Crippen LogP contribution is -2.30. The molecule has 1 aromatic carbocycles. The van der Waals surface area contributed by atoms with E-state index in [0.717, 1.165) is 16.9 Å². The minimum absolute atomic E-state index is 0.0506. The Balaban J connectivity index is 2.17. The summed E-state index contributed by atoms with van der Waals surface area (Å²) in [6.07, 6.45) is 2.13. The van der Waals surface area contributed by atoms with Crippen molar-refractivity contribution < 1.29 is 19.0 Å². The second-order valence-electron chi connectivity index (χ2n) is 7.29. The third-order valence-corrected chi connectivity index (χ3v) is 4.57. The summed E-state index contributed by atoms with van der Waals surface area (Å²) in [4.78, 5) is 12.4. The molecule has 0 spiro atoms. The standard InChI is InChI=1S/C19H25N3O4/c1-19(2,3)22-18-13(10-20-22)11(8-17(23)21-18)12-7-15(25-5)16(26-6)9-14(12)24-4/h7,9-11H,8H2,1-6H3,(H,21,23)/t11-/m1/s1. The van der Waals surface area contributed by atoms with Crippen LogP contribution in [0.3, 0.4) is 0 Å². The minimum atomic E-state index is -0.246. The number of methoxy groups -OCH3 is 3. The van der Waals surface area contributed by atoms with Gasteiger partial charge in [0.05, 0.1) is 33.1 Å². The second kappa shape index (κ2) is 6.55. The average molecular weight is 359 g/mol. The highest BCUT2D eigenvalue weighted by atomic mass is 16.5. The Bertz CT molecular complexity index is 836. The summed E-state index contributed by atoms with van der Waals surface area (Å²) in [5.41, 5.74) is 1.59. The molecule has 0 radical (unpaired) electrons. The van der Waals surface area contributed by atoms with Crippen LogP contribution >= 0.6 is 0 Å². The molecule has 3 rings (SSSR count). The normalized spacial score (nSPS) is 16.7. The maximum atomic E-state index is 12.4. The first-order chi connectivity index (χ1) is 12.3. The van der Waals surface area contributed by atoms with E-state index in [0.29, 0.717) is 23.7 Å². The molecule has 0 unspecified atom stereocenters. The monoisotopic (exact) mass is 359 g/mol. The Morgan fingerprint density at radius 2 is 1.65 bits per heavy atom. The van der Waals surface area contributed by atoms with E-state index in [1.54, 1.807) is 27.4 Å². The van der Waals surface area contributed by atoms with Gasteiger partial charge in [0, 0.05) is 29.5 Å². The first kappa shape index (κ1) is 18.1. The summed E-state index contributed by atoms with van der Waals surface area (Å²) in [5, 5.41) is 7.48. The van der Waals surface area contributed by atoms with E-state index in [2.05, 4.69) is 10.4 Å². The van der Waals surface area contributed by atoms with Crippen molar-refractivity contribution in [3.8, 4) is 17.2 Å². The van der Waals surface area contributed by atoms with E-state index in [1.807, 2.05) is 37.7 Å². The van der Waals surface area contributed by atoms with Gasteiger partial charge in [0.1, 0.15) is 11.6 Å². The van der Waals surface area contributed by atoms with E-state index >= 15 is 0 Å². The number of benzene rings is 1. The molecule has 7 nitrogen and oxygen atoms in total. The topological polar surface area (TPSA) is 74.6 Å². The second-order valence-corrected chi connectivity index (χ2v) is 7.29. The fourth-order valence-corrected chi connectivity index (χ4v) is 3.33. The van der Waals surface area contributed by atoms with E-state index in [4.69, 9.17) is 14.2 Å². The van der Waals surface area contributed by atoms with Gasteiger partial charge in [-0.05, 0) is 26.8 Å². The number of amides is 1. The summed E-state index contributed by atoms with van der Waals surface area (Å²) in [6.45, 7) is 6.15. The molecule has 2 aromatic rings. The van der Waals surface area contributed by atoms with Crippen molar-refractivity contribution in [3.63, 3.8) is 0 Å². The van der Waals surface area contributed by atoms with Crippen LogP contribution in [-0.4, -0.2) is 37.0 Å². The van der Waals surface area contributed by atoms with Gasteiger partial charge in [-0.2, -0.15) is 5.10 Å². The summed E-state index contributed by atoms with van der Waals surface area (Å²) >= 11 is 0. The van der Waals surface area contributed by atoms with Crippen molar-refractivity contribution >= 4 is 11.7 Å². The van der Waals surface area contributed by atoms with Gasteiger partial charge in [-0.3, -0.25) is 4.79 Å². The fraction of sp³-hybridized carbons (Fsp3) is 0.474. The minimum Gasteiger partial charge on any atom is -0.496 e. The lowest BCUT2D eigenvalue weighted by Gasteiger charge is -2.29. The molecule has 1 atom stereocenters. The molecule has 0 aliphatic carbocycles. The molecule has 2 heterocycles. The van der Waals surface area contributed by atoms with Crippen LogP contribution in [0.5, 0.6) is 17.2 Å². The number of carbonyl (C=O) groups excluding carboxylic acids is 1. The molecule has 0 fully saturated rings. The zero-order chi connectivity index (χ0) is 19.1. The number of hydrogen-bond donors (Lipinski definition) is 1. The third-order valence-electron chi connectivity index (χ3n) is 4.57. The zero-order valence-corrected chi connectivity index (χ0v) is 16.0. The van der Waals surface area contributed by atoms with Crippen molar-refractivity contribution in [1.82, 2.24) is 9.78 Å². The molecule has 1 aliphatic rings. The first-order valence-corrected chi connectivity index (χ1v) is 8.48. The largest absolute Gasteiger partial charge is 0.496 e. The number of fused-ring (bicyclic) bond motifs is 1. The number of hydrogen-bond acceptors (Lipinski definition) is 5. The smallest absolute Gasteiger partial charge is 0.226 e. The molecule has 7 heteroatoms. The molecule has 1 N–H and O–H groups in total. The lowest BCUT2D eigenvalue weighted by molar-refractivity contribution is -0.116. The van der Waals surface area contributed by atoms with Crippen LogP contribution in [0.2, 0.25) is 0 Å². The molecule has 0 saturated carbocycles. The number of aromatic nitrogens is 2. The number of rotatable bonds is 4. The molecular weight excluding hydrogens is 334 g/mol. The van der Waals surface area contributed by atoms with Gasteiger partial charge >= 0.3 is 0 Å². The van der Waals surface area contributed by atoms with Crippen LogP contribution in [0.1, 0.15) is 44.2 Å². The van der Waals surface area contributed by atoms with Gasteiger partial charge in [0.15, 0.2) is 11.5 Å². The summed E-state index contributed by atoms with van der Waals surface area (Å²) < 4.78 is 18.2. The predicted octanol–water partition coefficient (Wildman–Crippen LogP) is 3.14. The number of nitrogens with zero attached hydrogens (tertiary/aromatic N) is 2. The Kier molecular flexibility index (Phi) is 4.56. The van der Waals surface area contributed by atoms with Gasteiger partial charge in [0.2, 0.25) is 5.91 Å². The van der Waals surface area contributed by atoms with Crippen molar-refractivity contribution in [2.24, 2.45) is 0 Å². The van der Waals surface area contributed by atoms with Gasteiger partial charge in [0.25, 0.3) is 0 Å². The van der Waals surface area contributed by atoms with Crippen LogP contribution in [0.4, 0.5) is 5.82 Å². The molecule has 140 valence electrons. The van der Waals surface area contributed by atoms with Crippen LogP contribution in [0, 0.1) is 0 Å². The van der Waals surface area contributed by atoms with Gasteiger partial charge in [-0.25, -0.2) is 4.68 Å². The first-order valence-electron chi connectivity index (χ1n) is 8.48. The predicted molar refractivity (Wildman–Crippen MR) is 98.4 cm³/mol. The molecule has 26 heavy (non-hydrogen) atoms. The summed E-state index contributed by atoms with van der Waals surface area (Å²) in [7, 11) is 4.77. The number of carbonyl (C=O) groups is 1. The molecule has 0 saturated heterocycles. The summed E-state index contributed by atoms with van der Waals surface area (Å²) in [6, 6.07) is 3.66. The van der Waals surface area contributed by atoms with Gasteiger partial charge in [-0.1, -0.05) is 0 Å². The Labute approximate surface area is 153 Å². The van der Waals surface area contributed by atoms with Crippen LogP contribution < -0.4 is 19.5 Å². The Morgan fingerprint density at radius 3 is 2.23 bits per heavy atom. The number of anilines is 1. The van der Waals surface area contributed by atoms with Crippen LogP contribution in [0.25, 0.3) is 0 Å². The van der Waals surface area contributed by atoms with Crippen molar-refractivity contribution in [2.45, 2.75) is 38.6 Å². The SMILES string of the molecule is COc1cc(OC)c([C@H]2CC(=O)Nc3c2cnn3C(C)(C)C)cc1OC. The molecular formula is C19H25N3O4. The highest BCUT2D eigenvalue weighted by Gasteiger charge is 2.34.